The molecule has 0 saturated heterocycles. The highest BCUT2D eigenvalue weighted by atomic mass is 35.5. The molecule has 0 atom stereocenters. The number of hydrogen-bond acceptors (Lipinski definition) is 2. The second-order valence-electron chi connectivity index (χ2n) is 4.03. The lowest BCUT2D eigenvalue weighted by atomic mass is 10.1. The zero-order valence-electron chi connectivity index (χ0n) is 9.37. The highest BCUT2D eigenvalue weighted by Crippen LogP contribution is 2.35. The zero-order chi connectivity index (χ0) is 11.8. The smallest absolute Gasteiger partial charge is 0.0882 e. The van der Waals surface area contributed by atoms with Gasteiger partial charge >= 0.3 is 0 Å². The van der Waals surface area contributed by atoms with Gasteiger partial charge in [-0.15, -0.1) is 0 Å². The van der Waals surface area contributed by atoms with Crippen molar-refractivity contribution in [2.45, 2.75) is 6.92 Å². The average molecular weight is 243 g/mol. The van der Waals surface area contributed by atoms with Crippen LogP contribution in [0.2, 0.25) is 5.02 Å². The van der Waals surface area contributed by atoms with Gasteiger partial charge in [0.25, 0.3) is 0 Å². The Kier molecular flexibility index (Phi) is 2.37. The van der Waals surface area contributed by atoms with Crippen molar-refractivity contribution >= 4 is 34.4 Å². The fourth-order valence-electron chi connectivity index (χ4n) is 2.00. The van der Waals surface area contributed by atoms with Crippen LogP contribution < -0.4 is 5.32 Å². The molecular formula is C14H11ClN2. The van der Waals surface area contributed by atoms with Crippen LogP contribution in [0.15, 0.2) is 47.5 Å². The molecule has 0 aromatic heterocycles. The first-order valence-electron chi connectivity index (χ1n) is 5.45. The molecule has 84 valence electrons. The first-order valence-corrected chi connectivity index (χ1v) is 5.83. The first-order chi connectivity index (χ1) is 8.24. The van der Waals surface area contributed by atoms with Gasteiger partial charge in [-0.3, -0.25) is 4.99 Å². The number of rotatable bonds is 0. The highest BCUT2D eigenvalue weighted by molar-refractivity contribution is 6.31. The van der Waals surface area contributed by atoms with E-state index >= 15 is 0 Å². The molecule has 0 bridgehead atoms. The van der Waals surface area contributed by atoms with E-state index in [1.807, 2.05) is 37.3 Å². The number of aliphatic imine (C=N–C) groups is 1. The van der Waals surface area contributed by atoms with E-state index in [0.717, 1.165) is 28.3 Å². The first kappa shape index (κ1) is 10.4. The third-order valence-electron chi connectivity index (χ3n) is 2.83. The zero-order valence-corrected chi connectivity index (χ0v) is 10.1. The largest absolute Gasteiger partial charge is 0.353 e. The number of nitrogens with one attached hydrogen (secondary N) is 1. The summed E-state index contributed by atoms with van der Waals surface area (Å²) in [6.07, 6.45) is 0. The van der Waals surface area contributed by atoms with Crippen molar-refractivity contribution in [2.75, 3.05) is 5.32 Å². The molecule has 0 unspecified atom stereocenters. The number of fused-ring (bicyclic) bond motifs is 2. The van der Waals surface area contributed by atoms with Crippen LogP contribution in [-0.4, -0.2) is 5.71 Å². The fourth-order valence-corrected chi connectivity index (χ4v) is 2.16. The molecule has 3 heteroatoms. The van der Waals surface area contributed by atoms with Gasteiger partial charge < -0.3 is 5.32 Å². The van der Waals surface area contributed by atoms with Gasteiger partial charge in [-0.2, -0.15) is 0 Å². The van der Waals surface area contributed by atoms with E-state index in [4.69, 9.17) is 11.6 Å². The fraction of sp³-hybridized carbons (Fsp3) is 0.0714. The summed E-state index contributed by atoms with van der Waals surface area (Å²) in [5, 5.41) is 4.09. The van der Waals surface area contributed by atoms with Gasteiger partial charge in [-0.1, -0.05) is 29.8 Å². The lowest BCUT2D eigenvalue weighted by molar-refractivity contribution is 1.50. The van der Waals surface area contributed by atoms with Crippen molar-refractivity contribution in [2.24, 2.45) is 4.99 Å². The van der Waals surface area contributed by atoms with Crippen molar-refractivity contribution in [3.05, 3.63) is 53.1 Å². The lowest BCUT2D eigenvalue weighted by Crippen LogP contribution is -1.97. The predicted molar refractivity (Wildman–Crippen MR) is 73.0 cm³/mol. The minimum atomic E-state index is 0.702. The van der Waals surface area contributed by atoms with Gasteiger partial charge in [-0.05, 0) is 31.2 Å². The number of para-hydroxylation sites is 1. The van der Waals surface area contributed by atoms with Gasteiger partial charge in [0, 0.05) is 22.0 Å². The maximum absolute atomic E-state index is 5.99. The molecule has 2 aromatic rings. The Morgan fingerprint density at radius 3 is 2.76 bits per heavy atom. The summed E-state index contributed by atoms with van der Waals surface area (Å²) < 4.78 is 0. The minimum absolute atomic E-state index is 0.702. The van der Waals surface area contributed by atoms with E-state index in [2.05, 4.69) is 22.4 Å². The van der Waals surface area contributed by atoms with E-state index in [1.54, 1.807) is 0 Å². The SMILES string of the molecule is CC1=Nc2cc(Cl)ccc2Nc2ccccc21. The van der Waals surface area contributed by atoms with Gasteiger partial charge in [0.2, 0.25) is 0 Å². The maximum atomic E-state index is 5.99. The summed E-state index contributed by atoms with van der Waals surface area (Å²) in [5.74, 6) is 0. The van der Waals surface area contributed by atoms with Crippen molar-refractivity contribution < 1.29 is 0 Å². The molecule has 1 aliphatic heterocycles. The predicted octanol–water partition coefficient (Wildman–Crippen LogP) is 4.54. The van der Waals surface area contributed by atoms with Gasteiger partial charge in [-0.25, -0.2) is 0 Å². The van der Waals surface area contributed by atoms with E-state index in [9.17, 15) is 0 Å². The third-order valence-corrected chi connectivity index (χ3v) is 3.07. The van der Waals surface area contributed by atoms with E-state index < -0.39 is 0 Å². The summed E-state index contributed by atoms with van der Waals surface area (Å²) in [4.78, 5) is 4.61. The third kappa shape index (κ3) is 1.81. The summed E-state index contributed by atoms with van der Waals surface area (Å²) in [7, 11) is 0. The molecule has 3 rings (SSSR count). The van der Waals surface area contributed by atoms with Crippen LogP contribution in [0.5, 0.6) is 0 Å². The topological polar surface area (TPSA) is 24.4 Å². The number of nitrogens with zero attached hydrogens (tertiary/aromatic N) is 1. The van der Waals surface area contributed by atoms with Crippen molar-refractivity contribution in [1.29, 1.82) is 0 Å². The molecule has 2 aromatic carbocycles. The van der Waals surface area contributed by atoms with Crippen LogP contribution in [0.3, 0.4) is 0 Å². The number of anilines is 2. The van der Waals surface area contributed by atoms with Crippen LogP contribution in [0.25, 0.3) is 0 Å². The van der Waals surface area contributed by atoms with E-state index in [0.29, 0.717) is 5.02 Å². The number of benzene rings is 2. The Morgan fingerprint density at radius 1 is 1.06 bits per heavy atom. The molecule has 1 heterocycles. The highest BCUT2D eigenvalue weighted by Gasteiger charge is 2.12. The Bertz CT molecular complexity index is 617. The molecule has 2 nitrogen and oxygen atoms in total. The van der Waals surface area contributed by atoms with Crippen molar-refractivity contribution in [3.8, 4) is 0 Å². The van der Waals surface area contributed by atoms with E-state index in [1.165, 1.54) is 0 Å². The molecule has 1 aliphatic rings. The Morgan fingerprint density at radius 2 is 1.88 bits per heavy atom. The Labute approximate surface area is 105 Å². The van der Waals surface area contributed by atoms with Crippen LogP contribution in [0, 0.1) is 0 Å². The van der Waals surface area contributed by atoms with Gasteiger partial charge in [0.15, 0.2) is 0 Å². The molecule has 1 N–H and O–H groups in total. The molecule has 0 radical (unpaired) electrons. The van der Waals surface area contributed by atoms with Crippen molar-refractivity contribution in [3.63, 3.8) is 0 Å². The summed E-state index contributed by atoms with van der Waals surface area (Å²) >= 11 is 5.99. The van der Waals surface area contributed by atoms with E-state index in [-0.39, 0.29) is 0 Å². The standard InChI is InChI=1S/C14H11ClN2/c1-9-11-4-2-3-5-12(11)17-13-7-6-10(15)8-14(13)16-9/h2-8,17H,1H3. The van der Waals surface area contributed by atoms with Gasteiger partial charge in [0.05, 0.1) is 11.4 Å². The van der Waals surface area contributed by atoms with Crippen LogP contribution in [0.4, 0.5) is 17.1 Å². The monoisotopic (exact) mass is 242 g/mol. The molecule has 0 aliphatic carbocycles. The van der Waals surface area contributed by atoms with Gasteiger partial charge in [0.1, 0.15) is 0 Å². The lowest BCUT2D eigenvalue weighted by Gasteiger charge is -2.08. The quantitative estimate of drug-likeness (QED) is 0.721. The Hall–Kier alpha value is -1.80. The minimum Gasteiger partial charge on any atom is -0.353 e. The molecule has 0 amide bonds. The summed E-state index contributed by atoms with van der Waals surface area (Å²) in [6, 6.07) is 13.8. The molecule has 17 heavy (non-hydrogen) atoms. The second-order valence-corrected chi connectivity index (χ2v) is 4.47. The maximum Gasteiger partial charge on any atom is 0.0882 e. The molecule has 0 spiro atoms. The molecule has 0 fully saturated rings. The number of hydrogen-bond donors (Lipinski definition) is 1. The van der Waals surface area contributed by atoms with Crippen LogP contribution >= 0.6 is 11.6 Å². The molecule has 0 saturated carbocycles. The number of halogens is 1. The normalized spacial score (nSPS) is 12.9. The summed E-state index contributed by atoms with van der Waals surface area (Å²) in [5.41, 5.74) is 5.06. The van der Waals surface area contributed by atoms with Crippen LogP contribution in [-0.2, 0) is 0 Å². The average Bonchev–Trinajstić information content (AvgIpc) is 2.46. The molecular weight excluding hydrogens is 232 g/mol. The summed E-state index contributed by atoms with van der Waals surface area (Å²) in [6.45, 7) is 2.01. The second kappa shape index (κ2) is 3.90. The van der Waals surface area contributed by atoms with Crippen LogP contribution in [0.1, 0.15) is 12.5 Å². The Balaban J connectivity index is 2.24. The van der Waals surface area contributed by atoms with Crippen molar-refractivity contribution in [1.82, 2.24) is 0 Å².